The van der Waals surface area contributed by atoms with E-state index >= 15 is 0 Å². The molecule has 0 amide bonds. The van der Waals surface area contributed by atoms with Crippen LogP contribution in [0.2, 0.25) is 0 Å². The van der Waals surface area contributed by atoms with Gasteiger partial charge in [-0.25, -0.2) is 4.79 Å². The van der Waals surface area contributed by atoms with Crippen molar-refractivity contribution >= 4 is 49.0 Å². The number of carboxylic acid groups (broad SMARTS) is 1. The number of benzene rings is 4. The van der Waals surface area contributed by atoms with E-state index in [1.54, 1.807) is 54.6 Å². The lowest BCUT2D eigenvalue weighted by molar-refractivity contribution is 0.0694. The number of hydrogen-bond acceptors (Lipinski definition) is 7. The third-order valence-electron chi connectivity index (χ3n) is 4.81. The molecule has 31 heavy (non-hydrogen) atoms. The van der Waals surface area contributed by atoms with Crippen molar-refractivity contribution in [2.75, 3.05) is 7.11 Å². The fourth-order valence-corrected chi connectivity index (χ4v) is 4.33. The second-order valence-electron chi connectivity index (χ2n) is 6.60. The molecule has 156 valence electrons. The van der Waals surface area contributed by atoms with Crippen LogP contribution >= 0.6 is 0 Å². The van der Waals surface area contributed by atoms with Crippen LogP contribution in [-0.4, -0.2) is 31.7 Å². The first-order chi connectivity index (χ1) is 14.8. The number of nitrogens with zero attached hydrogens (tertiary/aromatic N) is 2. The molecule has 0 fully saturated rings. The maximum absolute atomic E-state index is 12.6. The molecule has 2 N–H and O–H groups in total. The molecule has 0 aliphatic heterocycles. The number of hydrogen-bond donors (Lipinski definition) is 2. The van der Waals surface area contributed by atoms with Crippen molar-refractivity contribution in [1.29, 1.82) is 0 Å². The molecule has 0 atom stereocenters. The fourth-order valence-electron chi connectivity index (χ4n) is 3.34. The number of azo groups is 1. The van der Waals surface area contributed by atoms with Crippen LogP contribution in [0.4, 0.5) is 11.4 Å². The number of fused-ring (bicyclic) bond motifs is 2. The van der Waals surface area contributed by atoms with Crippen LogP contribution in [0.15, 0.2) is 81.9 Å². The van der Waals surface area contributed by atoms with Gasteiger partial charge in [0, 0.05) is 10.8 Å². The molecule has 0 heterocycles. The number of carbonyl (C=O) groups is 1. The van der Waals surface area contributed by atoms with E-state index in [1.807, 2.05) is 0 Å². The molecule has 0 saturated carbocycles. The van der Waals surface area contributed by atoms with Gasteiger partial charge in [0.15, 0.2) is 5.75 Å². The van der Waals surface area contributed by atoms with Gasteiger partial charge in [0.1, 0.15) is 21.8 Å². The van der Waals surface area contributed by atoms with Gasteiger partial charge < -0.3 is 10.2 Å². The monoisotopic (exact) mass is 436 g/mol. The molecular weight excluding hydrogens is 420 g/mol. The Morgan fingerprint density at radius 3 is 2.23 bits per heavy atom. The smallest absolute Gasteiger partial charge is 0.339 e. The van der Waals surface area contributed by atoms with E-state index in [-0.39, 0.29) is 21.8 Å². The topological polar surface area (TPSA) is 126 Å². The molecule has 4 aromatic carbocycles. The fraction of sp³-hybridized carbons (Fsp3) is 0.0455. The SMILES string of the molecule is COS(=O)(=O)c1c(N=Nc2c(O)c(C(=O)O)cc3ccccc23)ccc2ccccc12. The molecule has 0 bridgehead atoms. The van der Waals surface area contributed by atoms with E-state index in [0.29, 0.717) is 21.5 Å². The predicted molar refractivity (Wildman–Crippen MR) is 115 cm³/mol. The Balaban J connectivity index is 1.98. The summed E-state index contributed by atoms with van der Waals surface area (Å²) in [4.78, 5) is 11.4. The second-order valence-corrected chi connectivity index (χ2v) is 8.25. The van der Waals surface area contributed by atoms with Crippen molar-refractivity contribution in [3.8, 4) is 5.75 Å². The number of aromatic carboxylic acids is 1. The zero-order valence-corrected chi connectivity index (χ0v) is 17.0. The largest absolute Gasteiger partial charge is 0.505 e. The summed E-state index contributed by atoms with van der Waals surface area (Å²) in [5, 5.41) is 30.1. The van der Waals surface area contributed by atoms with Gasteiger partial charge >= 0.3 is 5.97 Å². The van der Waals surface area contributed by atoms with Crippen LogP contribution in [-0.2, 0) is 14.3 Å². The van der Waals surface area contributed by atoms with Gasteiger partial charge in [0.2, 0.25) is 0 Å². The minimum absolute atomic E-state index is 0.00948. The van der Waals surface area contributed by atoms with E-state index < -0.39 is 21.8 Å². The minimum atomic E-state index is -4.14. The van der Waals surface area contributed by atoms with E-state index in [0.717, 1.165) is 7.11 Å². The van der Waals surface area contributed by atoms with E-state index in [4.69, 9.17) is 4.18 Å². The van der Waals surface area contributed by atoms with Gasteiger partial charge in [-0.2, -0.15) is 8.42 Å². The lowest BCUT2D eigenvalue weighted by Gasteiger charge is -2.10. The Morgan fingerprint density at radius 2 is 1.55 bits per heavy atom. The van der Waals surface area contributed by atoms with Crippen molar-refractivity contribution in [3.63, 3.8) is 0 Å². The highest BCUT2D eigenvalue weighted by atomic mass is 32.2. The Morgan fingerprint density at radius 1 is 0.903 bits per heavy atom. The molecule has 4 rings (SSSR count). The first-order valence-corrected chi connectivity index (χ1v) is 10.5. The molecule has 4 aromatic rings. The average Bonchev–Trinajstić information content (AvgIpc) is 2.77. The Hall–Kier alpha value is -3.82. The second kappa shape index (κ2) is 7.78. The summed E-state index contributed by atoms with van der Waals surface area (Å²) in [7, 11) is -3.10. The van der Waals surface area contributed by atoms with E-state index in [9.17, 15) is 23.4 Å². The highest BCUT2D eigenvalue weighted by molar-refractivity contribution is 7.87. The normalized spacial score (nSPS) is 12.0. The van der Waals surface area contributed by atoms with Crippen LogP contribution < -0.4 is 0 Å². The molecule has 0 spiro atoms. The molecule has 9 heteroatoms. The van der Waals surface area contributed by atoms with Crippen molar-refractivity contribution in [2.45, 2.75) is 4.90 Å². The number of carboxylic acids is 1. The number of aromatic hydroxyl groups is 1. The number of rotatable bonds is 5. The molecule has 0 saturated heterocycles. The minimum Gasteiger partial charge on any atom is -0.505 e. The molecule has 0 aromatic heterocycles. The van der Waals surface area contributed by atoms with Crippen molar-refractivity contribution < 1.29 is 27.6 Å². The van der Waals surface area contributed by atoms with E-state index in [1.165, 1.54) is 12.1 Å². The van der Waals surface area contributed by atoms with Gasteiger partial charge in [0.25, 0.3) is 10.1 Å². The lowest BCUT2D eigenvalue weighted by atomic mass is 10.0. The third kappa shape index (κ3) is 3.60. The maximum Gasteiger partial charge on any atom is 0.339 e. The summed E-state index contributed by atoms with van der Waals surface area (Å²) in [5.74, 6) is -1.89. The first kappa shape index (κ1) is 20.5. The quantitative estimate of drug-likeness (QED) is 0.329. The summed E-state index contributed by atoms with van der Waals surface area (Å²) in [6.07, 6.45) is 0. The van der Waals surface area contributed by atoms with Crippen molar-refractivity contribution in [2.24, 2.45) is 10.2 Å². The van der Waals surface area contributed by atoms with Crippen molar-refractivity contribution in [1.82, 2.24) is 0 Å². The van der Waals surface area contributed by atoms with Gasteiger partial charge in [-0.15, -0.1) is 10.2 Å². The van der Waals surface area contributed by atoms with Crippen LogP contribution in [0.25, 0.3) is 21.5 Å². The molecule has 8 nitrogen and oxygen atoms in total. The maximum atomic E-state index is 12.6. The lowest BCUT2D eigenvalue weighted by Crippen LogP contribution is -2.04. The molecule has 0 radical (unpaired) electrons. The highest BCUT2D eigenvalue weighted by Crippen LogP contribution is 2.40. The molecule has 0 unspecified atom stereocenters. The van der Waals surface area contributed by atoms with Gasteiger partial charge in [-0.05, 0) is 22.9 Å². The van der Waals surface area contributed by atoms with Gasteiger partial charge in [0.05, 0.1) is 7.11 Å². The van der Waals surface area contributed by atoms with Crippen LogP contribution in [0.1, 0.15) is 10.4 Å². The standard InChI is InChI=1S/C22H16N2O6S/c1-30-31(28,29)21-16-9-5-2-6-13(16)10-11-18(21)23-24-19-15-8-4-3-7-14(15)12-17(20(19)25)22(26)27/h2-12,25H,1H3,(H,26,27). The Bertz CT molecular complexity index is 1480. The van der Waals surface area contributed by atoms with Gasteiger partial charge in [-0.3, -0.25) is 4.18 Å². The third-order valence-corrected chi connectivity index (χ3v) is 6.18. The Labute approximate surface area is 177 Å². The van der Waals surface area contributed by atoms with E-state index in [2.05, 4.69) is 10.2 Å². The van der Waals surface area contributed by atoms with Crippen LogP contribution in [0, 0.1) is 0 Å². The first-order valence-electron chi connectivity index (χ1n) is 9.05. The molecular formula is C22H16N2O6S. The summed E-state index contributed by atoms with van der Waals surface area (Å²) < 4.78 is 30.0. The summed E-state index contributed by atoms with van der Waals surface area (Å²) in [6.45, 7) is 0. The highest BCUT2D eigenvalue weighted by Gasteiger charge is 2.23. The van der Waals surface area contributed by atoms with Crippen LogP contribution in [0.5, 0.6) is 5.75 Å². The van der Waals surface area contributed by atoms with Gasteiger partial charge in [-0.1, -0.05) is 54.6 Å². The molecule has 0 aliphatic rings. The zero-order valence-electron chi connectivity index (χ0n) is 16.2. The predicted octanol–water partition coefficient (Wildman–Crippen LogP) is 5.15. The average molecular weight is 436 g/mol. The summed E-state index contributed by atoms with van der Waals surface area (Å²) >= 11 is 0. The summed E-state index contributed by atoms with van der Waals surface area (Å²) in [6, 6.07) is 18.1. The zero-order chi connectivity index (χ0) is 22.2. The van der Waals surface area contributed by atoms with Crippen molar-refractivity contribution in [3.05, 3.63) is 72.3 Å². The number of phenols is 1. The molecule has 0 aliphatic carbocycles. The summed E-state index contributed by atoms with van der Waals surface area (Å²) in [5.41, 5.74) is -0.426. The van der Waals surface area contributed by atoms with Crippen LogP contribution in [0.3, 0.4) is 0 Å². The Kier molecular flexibility index (Phi) is 5.14.